The number of hydrogen-bond donors (Lipinski definition) is 1. The van der Waals surface area contributed by atoms with Crippen LogP contribution in [-0.4, -0.2) is 59.4 Å². The van der Waals surface area contributed by atoms with E-state index >= 15 is 0 Å². The molecule has 2 atom stereocenters. The van der Waals surface area contributed by atoms with E-state index in [1.54, 1.807) is 4.90 Å². The number of piperidine rings is 1. The summed E-state index contributed by atoms with van der Waals surface area (Å²) in [6, 6.07) is 9.45. The third-order valence-electron chi connectivity index (χ3n) is 4.82. The second-order valence-electron chi connectivity index (χ2n) is 8.08. The molecule has 2 fully saturated rings. The number of hydrogen-bond acceptors (Lipinski definition) is 5. The SMILES string of the molecule is CC(C)(C)OC(=O)N1C(Cc2ccccc2)CC2(C[C@H]1CO)OCCO2. The zero-order valence-electron chi connectivity index (χ0n) is 15.8. The van der Waals surface area contributed by atoms with Crippen molar-refractivity contribution >= 4 is 6.09 Å². The van der Waals surface area contributed by atoms with Crippen molar-refractivity contribution in [1.29, 1.82) is 0 Å². The molecule has 3 rings (SSSR count). The van der Waals surface area contributed by atoms with E-state index in [9.17, 15) is 9.90 Å². The van der Waals surface area contributed by atoms with Gasteiger partial charge in [-0.3, -0.25) is 4.90 Å². The summed E-state index contributed by atoms with van der Waals surface area (Å²) >= 11 is 0. The molecule has 1 aromatic carbocycles. The maximum atomic E-state index is 12.9. The third kappa shape index (κ3) is 4.37. The molecule has 0 aliphatic carbocycles. The predicted molar refractivity (Wildman–Crippen MR) is 96.7 cm³/mol. The van der Waals surface area contributed by atoms with Gasteiger partial charge in [-0.2, -0.15) is 0 Å². The topological polar surface area (TPSA) is 68.2 Å². The Morgan fingerprint density at radius 1 is 1.19 bits per heavy atom. The molecule has 0 aromatic heterocycles. The first kappa shape index (κ1) is 19.1. The first-order valence-electron chi connectivity index (χ1n) is 9.26. The molecule has 6 nitrogen and oxygen atoms in total. The molecule has 6 heteroatoms. The molecule has 1 amide bonds. The molecule has 2 aliphatic heterocycles. The number of carbonyl (C=O) groups excluding carboxylic acids is 1. The molecule has 144 valence electrons. The fourth-order valence-electron chi connectivity index (χ4n) is 3.85. The second-order valence-corrected chi connectivity index (χ2v) is 8.08. The van der Waals surface area contributed by atoms with E-state index < -0.39 is 23.5 Å². The Labute approximate surface area is 155 Å². The highest BCUT2D eigenvalue weighted by atomic mass is 16.7. The highest BCUT2D eigenvalue weighted by molar-refractivity contribution is 5.69. The molecule has 0 saturated carbocycles. The van der Waals surface area contributed by atoms with Crippen LogP contribution in [0.2, 0.25) is 0 Å². The predicted octanol–water partition coefficient (Wildman–Crippen LogP) is 2.73. The highest BCUT2D eigenvalue weighted by Crippen LogP contribution is 2.39. The van der Waals surface area contributed by atoms with Gasteiger partial charge in [-0.25, -0.2) is 4.79 Å². The van der Waals surface area contributed by atoms with E-state index in [1.165, 1.54) is 0 Å². The molecular weight excluding hydrogens is 334 g/mol. The molecule has 1 aromatic rings. The number of benzene rings is 1. The van der Waals surface area contributed by atoms with Crippen molar-refractivity contribution in [1.82, 2.24) is 4.90 Å². The zero-order valence-corrected chi connectivity index (χ0v) is 15.8. The van der Waals surface area contributed by atoms with Crippen LogP contribution in [0.5, 0.6) is 0 Å². The maximum Gasteiger partial charge on any atom is 0.410 e. The number of rotatable bonds is 3. The fourth-order valence-corrected chi connectivity index (χ4v) is 3.85. The van der Waals surface area contributed by atoms with E-state index in [4.69, 9.17) is 14.2 Å². The Morgan fingerprint density at radius 3 is 2.38 bits per heavy atom. The van der Waals surface area contributed by atoms with E-state index in [2.05, 4.69) is 0 Å². The van der Waals surface area contributed by atoms with Gasteiger partial charge in [-0.05, 0) is 32.8 Å². The van der Waals surface area contributed by atoms with Crippen LogP contribution >= 0.6 is 0 Å². The van der Waals surface area contributed by atoms with Crippen LogP contribution in [0.1, 0.15) is 39.2 Å². The van der Waals surface area contributed by atoms with Gasteiger partial charge >= 0.3 is 6.09 Å². The number of amides is 1. The van der Waals surface area contributed by atoms with E-state index in [0.29, 0.717) is 32.5 Å². The lowest BCUT2D eigenvalue weighted by Crippen LogP contribution is -2.60. The molecule has 1 unspecified atom stereocenters. The van der Waals surface area contributed by atoms with Crippen LogP contribution in [0.15, 0.2) is 30.3 Å². The standard InChI is InChI=1S/C20H29NO5/c1-19(2,3)26-18(23)21-16(11-15-7-5-4-6-8-15)12-20(13-17(21)14-22)24-9-10-25-20/h4-8,16-17,22H,9-14H2,1-3H3/t16?,17-/m0/s1. The van der Waals surface area contributed by atoms with Crippen LogP contribution in [0.4, 0.5) is 4.79 Å². The Kier molecular flexibility index (Phi) is 5.55. The van der Waals surface area contributed by atoms with Crippen molar-refractivity contribution in [2.75, 3.05) is 19.8 Å². The van der Waals surface area contributed by atoms with Gasteiger partial charge in [0.1, 0.15) is 5.60 Å². The van der Waals surface area contributed by atoms with E-state index in [-0.39, 0.29) is 12.6 Å². The zero-order chi connectivity index (χ0) is 18.8. The summed E-state index contributed by atoms with van der Waals surface area (Å²) in [6.07, 6.45) is 1.28. The first-order chi connectivity index (χ1) is 12.3. The summed E-state index contributed by atoms with van der Waals surface area (Å²) in [4.78, 5) is 14.6. The van der Waals surface area contributed by atoms with Gasteiger partial charge in [-0.15, -0.1) is 0 Å². The van der Waals surface area contributed by atoms with Gasteiger partial charge in [0.05, 0.1) is 25.9 Å². The van der Waals surface area contributed by atoms with Crippen molar-refractivity contribution in [3.8, 4) is 0 Å². The van der Waals surface area contributed by atoms with Crippen LogP contribution < -0.4 is 0 Å². The number of ether oxygens (including phenoxy) is 3. The smallest absolute Gasteiger partial charge is 0.410 e. The Morgan fingerprint density at radius 2 is 1.81 bits per heavy atom. The Balaban J connectivity index is 1.87. The minimum Gasteiger partial charge on any atom is -0.444 e. The van der Waals surface area contributed by atoms with E-state index in [0.717, 1.165) is 5.56 Å². The van der Waals surface area contributed by atoms with Crippen molar-refractivity contribution in [2.45, 2.75) is 63.5 Å². The van der Waals surface area contributed by atoms with Crippen LogP contribution in [0, 0.1) is 0 Å². The largest absolute Gasteiger partial charge is 0.444 e. The van der Waals surface area contributed by atoms with E-state index in [1.807, 2.05) is 51.1 Å². The van der Waals surface area contributed by atoms with Gasteiger partial charge in [0.15, 0.2) is 5.79 Å². The minimum absolute atomic E-state index is 0.154. The molecule has 2 saturated heterocycles. The maximum absolute atomic E-state index is 12.9. The van der Waals surface area contributed by atoms with Crippen LogP contribution in [-0.2, 0) is 20.6 Å². The molecule has 0 radical (unpaired) electrons. The van der Waals surface area contributed by atoms with Crippen molar-refractivity contribution in [2.24, 2.45) is 0 Å². The molecule has 2 heterocycles. The fraction of sp³-hybridized carbons (Fsp3) is 0.650. The van der Waals surface area contributed by atoms with Crippen LogP contribution in [0.25, 0.3) is 0 Å². The molecule has 1 spiro atoms. The average molecular weight is 363 g/mol. The van der Waals surface area contributed by atoms with Gasteiger partial charge < -0.3 is 19.3 Å². The van der Waals surface area contributed by atoms with Gasteiger partial charge in [-0.1, -0.05) is 30.3 Å². The average Bonchev–Trinajstić information content (AvgIpc) is 3.01. The highest BCUT2D eigenvalue weighted by Gasteiger charge is 2.50. The summed E-state index contributed by atoms with van der Waals surface area (Å²) in [5.74, 6) is -0.717. The van der Waals surface area contributed by atoms with Crippen molar-refractivity contribution in [3.63, 3.8) is 0 Å². The number of likely N-dealkylation sites (tertiary alicyclic amines) is 1. The Bertz CT molecular complexity index is 606. The van der Waals surface area contributed by atoms with Crippen LogP contribution in [0.3, 0.4) is 0 Å². The monoisotopic (exact) mass is 363 g/mol. The lowest BCUT2D eigenvalue weighted by molar-refractivity contribution is -0.208. The summed E-state index contributed by atoms with van der Waals surface area (Å²) in [7, 11) is 0. The van der Waals surface area contributed by atoms with Gasteiger partial charge in [0, 0.05) is 18.9 Å². The second kappa shape index (κ2) is 7.55. The summed E-state index contributed by atoms with van der Waals surface area (Å²) < 4.78 is 17.4. The summed E-state index contributed by atoms with van der Waals surface area (Å²) in [6.45, 7) is 6.48. The number of carbonyl (C=O) groups is 1. The Hall–Kier alpha value is -1.63. The molecular formula is C20H29NO5. The molecule has 2 aliphatic rings. The minimum atomic E-state index is -0.717. The number of aliphatic hydroxyl groups is 1. The van der Waals surface area contributed by atoms with Gasteiger partial charge in [0.25, 0.3) is 0 Å². The number of nitrogens with zero attached hydrogens (tertiary/aromatic N) is 1. The number of aliphatic hydroxyl groups excluding tert-OH is 1. The quantitative estimate of drug-likeness (QED) is 0.894. The van der Waals surface area contributed by atoms with Crippen molar-refractivity contribution in [3.05, 3.63) is 35.9 Å². The molecule has 1 N–H and O–H groups in total. The molecule has 26 heavy (non-hydrogen) atoms. The lowest BCUT2D eigenvalue weighted by atomic mass is 9.87. The first-order valence-corrected chi connectivity index (χ1v) is 9.26. The van der Waals surface area contributed by atoms with Crippen molar-refractivity contribution < 1.29 is 24.1 Å². The summed E-state index contributed by atoms with van der Waals surface area (Å²) in [5, 5.41) is 9.98. The van der Waals surface area contributed by atoms with Gasteiger partial charge in [0.2, 0.25) is 0 Å². The normalized spacial score (nSPS) is 25.5. The third-order valence-corrected chi connectivity index (χ3v) is 4.82. The lowest BCUT2D eigenvalue weighted by Gasteiger charge is -2.48. The molecule has 0 bridgehead atoms. The summed E-state index contributed by atoms with van der Waals surface area (Å²) in [5.41, 5.74) is 0.530.